The fraction of sp³-hybridized carbons (Fsp3) is 0.824. The highest BCUT2D eigenvalue weighted by atomic mass is 32.2. The fourth-order valence-corrected chi connectivity index (χ4v) is 3.59. The minimum absolute atomic E-state index is 0.105. The largest absolute Gasteiger partial charge is 0.352 e. The van der Waals surface area contributed by atoms with Gasteiger partial charge in [-0.1, -0.05) is 32.0 Å². The van der Waals surface area contributed by atoms with Crippen LogP contribution in [0.5, 0.6) is 0 Å². The van der Waals surface area contributed by atoms with Crippen LogP contribution in [0.2, 0.25) is 0 Å². The highest BCUT2D eigenvalue weighted by Gasteiger charge is 2.28. The number of unbranched alkanes of at least 4 members (excludes halogenated alkanes) is 1. The zero-order valence-corrected chi connectivity index (χ0v) is 16.4. The molecule has 0 spiro atoms. The summed E-state index contributed by atoms with van der Waals surface area (Å²) in [4.78, 5) is 14.4. The lowest BCUT2D eigenvalue weighted by Gasteiger charge is -2.23. The fourth-order valence-electron chi connectivity index (χ4n) is 2.70. The molecule has 0 radical (unpaired) electrons. The standard InChI is InChI=1S/C17H31N5OS/c1-6-8-11-22-15(14(7-2)21(4)5)19-20-17(22)24-12(3)16(23)18-13-9-10-13/h12-14H,6-11H2,1-5H3,(H,18,23)/t12-,14+/m1/s1. The summed E-state index contributed by atoms with van der Waals surface area (Å²) in [7, 11) is 4.15. The molecule has 1 aliphatic carbocycles. The highest BCUT2D eigenvalue weighted by molar-refractivity contribution is 8.00. The highest BCUT2D eigenvalue weighted by Crippen LogP contribution is 2.28. The topological polar surface area (TPSA) is 63.1 Å². The first-order chi connectivity index (χ1) is 11.5. The number of hydrogen-bond acceptors (Lipinski definition) is 5. The Bertz CT molecular complexity index is 541. The molecule has 7 heteroatoms. The predicted octanol–water partition coefficient (Wildman–Crippen LogP) is 2.85. The van der Waals surface area contributed by atoms with Gasteiger partial charge in [-0.25, -0.2) is 0 Å². The number of nitrogens with zero attached hydrogens (tertiary/aromatic N) is 4. The molecule has 1 aromatic heterocycles. The third-order valence-electron chi connectivity index (χ3n) is 4.36. The molecule has 24 heavy (non-hydrogen) atoms. The SMILES string of the molecule is CCCCn1c(S[C@H](C)C(=O)NC2CC2)nnc1[C@H](CC)N(C)C. The van der Waals surface area contributed by atoms with E-state index in [0.717, 1.165) is 49.6 Å². The quantitative estimate of drug-likeness (QED) is 0.655. The van der Waals surface area contributed by atoms with Gasteiger partial charge in [-0.2, -0.15) is 0 Å². The number of hydrogen-bond donors (Lipinski definition) is 1. The number of rotatable bonds is 10. The first-order valence-corrected chi connectivity index (χ1v) is 9.92. The molecule has 1 aliphatic rings. The van der Waals surface area contributed by atoms with Crippen molar-refractivity contribution in [3.8, 4) is 0 Å². The number of thioether (sulfide) groups is 1. The minimum Gasteiger partial charge on any atom is -0.352 e. The van der Waals surface area contributed by atoms with Crippen molar-refractivity contribution in [2.75, 3.05) is 14.1 Å². The van der Waals surface area contributed by atoms with Crippen LogP contribution in [0, 0.1) is 0 Å². The second kappa shape index (κ2) is 8.85. The zero-order chi connectivity index (χ0) is 17.7. The molecule has 2 atom stereocenters. The van der Waals surface area contributed by atoms with Gasteiger partial charge in [-0.05, 0) is 46.7 Å². The molecule has 0 bridgehead atoms. The van der Waals surface area contributed by atoms with Crippen LogP contribution in [0.1, 0.15) is 64.7 Å². The van der Waals surface area contributed by atoms with Gasteiger partial charge in [0.25, 0.3) is 0 Å². The van der Waals surface area contributed by atoms with E-state index in [2.05, 4.69) is 52.9 Å². The van der Waals surface area contributed by atoms with Crippen LogP contribution in [-0.2, 0) is 11.3 Å². The van der Waals surface area contributed by atoms with Crippen LogP contribution in [0.15, 0.2) is 5.16 Å². The molecule has 6 nitrogen and oxygen atoms in total. The van der Waals surface area contributed by atoms with E-state index in [4.69, 9.17) is 0 Å². The molecular weight excluding hydrogens is 322 g/mol. The number of aromatic nitrogens is 3. The average molecular weight is 354 g/mol. The molecule has 1 amide bonds. The van der Waals surface area contributed by atoms with E-state index in [1.54, 1.807) is 0 Å². The normalized spacial score (nSPS) is 17.1. The third-order valence-corrected chi connectivity index (χ3v) is 5.44. The van der Waals surface area contributed by atoms with Crippen LogP contribution in [-0.4, -0.2) is 51.0 Å². The van der Waals surface area contributed by atoms with Gasteiger partial charge >= 0.3 is 0 Å². The van der Waals surface area contributed by atoms with Crippen LogP contribution in [0.25, 0.3) is 0 Å². The van der Waals surface area contributed by atoms with Crippen molar-refractivity contribution in [1.82, 2.24) is 25.0 Å². The lowest BCUT2D eigenvalue weighted by Crippen LogP contribution is -2.32. The molecule has 0 saturated heterocycles. The Morgan fingerprint density at radius 1 is 1.38 bits per heavy atom. The molecule has 0 aromatic carbocycles. The molecule has 1 heterocycles. The van der Waals surface area contributed by atoms with Crippen LogP contribution in [0.3, 0.4) is 0 Å². The summed E-state index contributed by atoms with van der Waals surface area (Å²) in [6.07, 6.45) is 5.42. The summed E-state index contributed by atoms with van der Waals surface area (Å²) >= 11 is 1.52. The molecule has 136 valence electrons. The lowest BCUT2D eigenvalue weighted by atomic mass is 10.2. The summed E-state index contributed by atoms with van der Waals surface area (Å²) in [6, 6.07) is 0.645. The smallest absolute Gasteiger partial charge is 0.233 e. The molecule has 1 fully saturated rings. The Hall–Kier alpha value is -1.08. The Morgan fingerprint density at radius 2 is 2.08 bits per heavy atom. The predicted molar refractivity (Wildman–Crippen MR) is 98.1 cm³/mol. The van der Waals surface area contributed by atoms with Crippen molar-refractivity contribution < 1.29 is 4.79 Å². The summed E-state index contributed by atoms with van der Waals surface area (Å²) < 4.78 is 2.21. The van der Waals surface area contributed by atoms with Gasteiger partial charge in [0.05, 0.1) is 11.3 Å². The van der Waals surface area contributed by atoms with E-state index in [9.17, 15) is 4.79 Å². The summed E-state index contributed by atoms with van der Waals surface area (Å²) in [5.41, 5.74) is 0. The van der Waals surface area contributed by atoms with E-state index >= 15 is 0 Å². The van der Waals surface area contributed by atoms with Gasteiger partial charge in [-0.3, -0.25) is 9.69 Å². The summed E-state index contributed by atoms with van der Waals surface area (Å²) in [5, 5.41) is 12.7. The minimum atomic E-state index is -0.151. The van der Waals surface area contributed by atoms with E-state index in [0.29, 0.717) is 6.04 Å². The van der Waals surface area contributed by atoms with E-state index in [-0.39, 0.29) is 17.2 Å². The summed E-state index contributed by atoms with van der Waals surface area (Å²) in [5.74, 6) is 1.11. The van der Waals surface area contributed by atoms with Gasteiger partial charge in [-0.15, -0.1) is 10.2 Å². The van der Waals surface area contributed by atoms with Gasteiger partial charge in [0, 0.05) is 12.6 Å². The first kappa shape index (κ1) is 19.2. The van der Waals surface area contributed by atoms with E-state index < -0.39 is 0 Å². The number of amides is 1. The summed E-state index contributed by atoms with van der Waals surface area (Å²) in [6.45, 7) is 7.21. The van der Waals surface area contributed by atoms with Gasteiger partial charge < -0.3 is 9.88 Å². The molecule has 0 unspecified atom stereocenters. The second-order valence-corrected chi connectivity index (χ2v) is 8.08. The Balaban J connectivity index is 2.14. The van der Waals surface area contributed by atoms with Crippen molar-refractivity contribution in [1.29, 1.82) is 0 Å². The Labute approximate surface area is 149 Å². The van der Waals surface area contributed by atoms with Gasteiger partial charge in [0.1, 0.15) is 0 Å². The van der Waals surface area contributed by atoms with Crippen molar-refractivity contribution in [3.63, 3.8) is 0 Å². The van der Waals surface area contributed by atoms with Gasteiger partial charge in [0.2, 0.25) is 5.91 Å². The van der Waals surface area contributed by atoms with Crippen LogP contribution in [0.4, 0.5) is 0 Å². The average Bonchev–Trinajstić information content (AvgIpc) is 3.27. The maximum atomic E-state index is 12.2. The molecular formula is C17H31N5OS. The third kappa shape index (κ3) is 4.96. The maximum absolute atomic E-state index is 12.2. The Morgan fingerprint density at radius 3 is 2.62 bits per heavy atom. The number of carbonyl (C=O) groups excluding carboxylic acids is 1. The van der Waals surface area contributed by atoms with Crippen LogP contribution >= 0.6 is 11.8 Å². The maximum Gasteiger partial charge on any atom is 0.233 e. The molecule has 1 aromatic rings. The van der Waals surface area contributed by atoms with E-state index in [1.165, 1.54) is 11.8 Å². The molecule has 2 rings (SSSR count). The van der Waals surface area contributed by atoms with Crippen molar-refractivity contribution in [3.05, 3.63) is 5.82 Å². The number of carbonyl (C=O) groups is 1. The zero-order valence-electron chi connectivity index (χ0n) is 15.6. The number of nitrogens with one attached hydrogen (secondary N) is 1. The van der Waals surface area contributed by atoms with E-state index in [1.807, 2.05) is 6.92 Å². The van der Waals surface area contributed by atoms with Gasteiger partial charge in [0.15, 0.2) is 11.0 Å². The van der Waals surface area contributed by atoms with Crippen molar-refractivity contribution in [2.24, 2.45) is 0 Å². The molecule has 1 N–H and O–H groups in total. The van der Waals surface area contributed by atoms with Crippen molar-refractivity contribution >= 4 is 17.7 Å². The van der Waals surface area contributed by atoms with Crippen LogP contribution < -0.4 is 5.32 Å². The molecule has 0 aliphatic heterocycles. The lowest BCUT2D eigenvalue weighted by molar-refractivity contribution is -0.120. The molecule has 1 saturated carbocycles. The van der Waals surface area contributed by atoms with Crippen molar-refractivity contribution in [2.45, 2.75) is 81.9 Å². The Kier molecular flexibility index (Phi) is 7.10. The monoisotopic (exact) mass is 353 g/mol. The first-order valence-electron chi connectivity index (χ1n) is 9.04. The second-order valence-electron chi connectivity index (χ2n) is 6.78.